The van der Waals surface area contributed by atoms with Gasteiger partial charge in [0, 0.05) is 17.2 Å². The molecule has 0 spiro atoms. The van der Waals surface area contributed by atoms with Gasteiger partial charge in [0.05, 0.1) is 12.7 Å². The Hall–Kier alpha value is -2.88. The molecule has 0 aliphatic rings. The van der Waals surface area contributed by atoms with E-state index in [2.05, 4.69) is 0 Å². The molecule has 106 valence electrons. The molecule has 2 rings (SSSR count). The van der Waals surface area contributed by atoms with Crippen LogP contribution in [0, 0.1) is 0 Å². The fourth-order valence-corrected chi connectivity index (χ4v) is 2.00. The lowest BCUT2D eigenvalue weighted by atomic mass is 9.99. The molecule has 0 heterocycles. The predicted octanol–water partition coefficient (Wildman–Crippen LogP) is 3.02. The molecule has 0 amide bonds. The Morgan fingerprint density at radius 2 is 1.76 bits per heavy atom. The van der Waals surface area contributed by atoms with Gasteiger partial charge in [-0.25, -0.2) is 4.79 Å². The molecule has 21 heavy (non-hydrogen) atoms. The first-order chi connectivity index (χ1) is 10.1. The molecular formula is C17H14O4. The highest BCUT2D eigenvalue weighted by Gasteiger charge is 2.16. The molecule has 0 radical (unpaired) electrons. The van der Waals surface area contributed by atoms with Crippen molar-refractivity contribution in [2.75, 3.05) is 7.11 Å². The van der Waals surface area contributed by atoms with Crippen LogP contribution in [0.3, 0.4) is 0 Å². The van der Waals surface area contributed by atoms with Crippen LogP contribution in [0.4, 0.5) is 0 Å². The van der Waals surface area contributed by atoms with E-state index in [1.807, 2.05) is 6.07 Å². The summed E-state index contributed by atoms with van der Waals surface area (Å²) in [6.07, 6.45) is 2.41. The molecule has 0 aliphatic carbocycles. The van der Waals surface area contributed by atoms with Gasteiger partial charge in [0.1, 0.15) is 5.75 Å². The Kier molecular flexibility index (Phi) is 4.51. The highest BCUT2D eigenvalue weighted by Crippen LogP contribution is 2.27. The number of ether oxygens (including phenoxy) is 1. The van der Waals surface area contributed by atoms with E-state index in [1.54, 1.807) is 42.5 Å². The van der Waals surface area contributed by atoms with E-state index >= 15 is 0 Å². The van der Waals surface area contributed by atoms with Gasteiger partial charge in [-0.3, -0.25) is 4.79 Å². The summed E-state index contributed by atoms with van der Waals surface area (Å²) in [4.78, 5) is 23.1. The van der Waals surface area contributed by atoms with Crippen LogP contribution in [0.2, 0.25) is 0 Å². The first-order valence-electron chi connectivity index (χ1n) is 6.31. The summed E-state index contributed by atoms with van der Waals surface area (Å²) in [6, 6.07) is 13.9. The third kappa shape index (κ3) is 3.36. The number of hydrogen-bond donors (Lipinski definition) is 1. The van der Waals surface area contributed by atoms with Crippen molar-refractivity contribution in [2.24, 2.45) is 0 Å². The number of para-hydroxylation sites is 1. The van der Waals surface area contributed by atoms with Gasteiger partial charge in [-0.2, -0.15) is 0 Å². The molecule has 0 aromatic heterocycles. The minimum atomic E-state index is -1.06. The fraction of sp³-hybridized carbons (Fsp3) is 0.0588. The molecule has 0 aliphatic heterocycles. The molecule has 0 saturated carbocycles. The molecule has 0 saturated heterocycles. The molecule has 0 atom stereocenters. The first kappa shape index (κ1) is 14.5. The van der Waals surface area contributed by atoms with Crippen LogP contribution in [0.15, 0.2) is 54.6 Å². The smallest absolute Gasteiger partial charge is 0.328 e. The lowest BCUT2D eigenvalue weighted by molar-refractivity contribution is -0.131. The Labute approximate surface area is 122 Å². The number of rotatable bonds is 5. The summed E-state index contributed by atoms with van der Waals surface area (Å²) < 4.78 is 5.29. The number of methoxy groups -OCH3 is 1. The number of carboxylic acid groups (broad SMARTS) is 1. The van der Waals surface area contributed by atoms with E-state index in [-0.39, 0.29) is 5.78 Å². The lowest BCUT2D eigenvalue weighted by Gasteiger charge is -2.10. The zero-order chi connectivity index (χ0) is 15.2. The van der Waals surface area contributed by atoms with E-state index in [0.717, 1.165) is 6.08 Å². The second-order valence-corrected chi connectivity index (χ2v) is 4.29. The predicted molar refractivity (Wildman–Crippen MR) is 79.5 cm³/mol. The summed E-state index contributed by atoms with van der Waals surface area (Å²) in [7, 11) is 1.45. The van der Waals surface area contributed by atoms with Gasteiger partial charge in [0.15, 0.2) is 5.78 Å². The standard InChI is InChI=1S/C17H14O4/c1-21-17-13(10-11-15(18)19)8-5-9-14(17)16(20)12-6-3-2-4-7-12/h2-11H,1H3,(H,18,19). The molecule has 4 nitrogen and oxygen atoms in total. The van der Waals surface area contributed by atoms with Crippen LogP contribution in [0.1, 0.15) is 21.5 Å². The maximum atomic E-state index is 12.5. The van der Waals surface area contributed by atoms with Crippen molar-refractivity contribution in [3.8, 4) is 5.75 Å². The monoisotopic (exact) mass is 282 g/mol. The number of benzene rings is 2. The number of carbonyl (C=O) groups excluding carboxylic acids is 1. The highest BCUT2D eigenvalue weighted by atomic mass is 16.5. The van der Waals surface area contributed by atoms with Gasteiger partial charge in [-0.1, -0.05) is 42.5 Å². The largest absolute Gasteiger partial charge is 0.495 e. The third-order valence-electron chi connectivity index (χ3n) is 2.94. The van der Waals surface area contributed by atoms with Gasteiger partial charge >= 0.3 is 5.97 Å². The van der Waals surface area contributed by atoms with Crippen LogP contribution in [0.25, 0.3) is 6.08 Å². The number of aliphatic carboxylic acids is 1. The average molecular weight is 282 g/mol. The highest BCUT2D eigenvalue weighted by molar-refractivity contribution is 6.11. The summed E-state index contributed by atoms with van der Waals surface area (Å²) in [6.45, 7) is 0. The van der Waals surface area contributed by atoms with Crippen molar-refractivity contribution in [3.63, 3.8) is 0 Å². The second-order valence-electron chi connectivity index (χ2n) is 4.29. The lowest BCUT2D eigenvalue weighted by Crippen LogP contribution is -2.05. The van der Waals surface area contributed by atoms with Crippen LogP contribution in [-0.2, 0) is 4.79 Å². The Morgan fingerprint density at radius 1 is 1.05 bits per heavy atom. The molecule has 0 fully saturated rings. The van der Waals surface area contributed by atoms with Crippen LogP contribution in [-0.4, -0.2) is 24.0 Å². The van der Waals surface area contributed by atoms with E-state index < -0.39 is 5.97 Å². The number of ketones is 1. The Morgan fingerprint density at radius 3 is 2.38 bits per heavy atom. The maximum absolute atomic E-state index is 12.5. The van der Waals surface area contributed by atoms with Crippen molar-refractivity contribution in [3.05, 3.63) is 71.3 Å². The minimum Gasteiger partial charge on any atom is -0.495 e. The zero-order valence-electron chi connectivity index (χ0n) is 11.4. The molecule has 0 unspecified atom stereocenters. The van der Waals surface area contributed by atoms with Crippen molar-refractivity contribution >= 4 is 17.8 Å². The van der Waals surface area contributed by atoms with Crippen molar-refractivity contribution in [1.29, 1.82) is 0 Å². The summed E-state index contributed by atoms with van der Waals surface area (Å²) in [5.74, 6) is -0.862. The van der Waals surface area contributed by atoms with Gasteiger partial charge in [-0.15, -0.1) is 0 Å². The van der Waals surface area contributed by atoms with E-state index in [0.29, 0.717) is 22.4 Å². The summed E-state index contributed by atoms with van der Waals surface area (Å²) in [5.41, 5.74) is 1.49. The average Bonchev–Trinajstić information content (AvgIpc) is 2.52. The molecule has 1 N–H and O–H groups in total. The number of carbonyl (C=O) groups is 2. The molecular weight excluding hydrogens is 268 g/mol. The quantitative estimate of drug-likeness (QED) is 0.676. The number of hydrogen-bond acceptors (Lipinski definition) is 3. The fourth-order valence-electron chi connectivity index (χ4n) is 2.00. The molecule has 2 aromatic carbocycles. The van der Waals surface area contributed by atoms with Crippen LogP contribution < -0.4 is 4.74 Å². The van der Waals surface area contributed by atoms with E-state index in [9.17, 15) is 9.59 Å². The SMILES string of the molecule is COc1c(C=CC(=O)O)cccc1C(=O)c1ccccc1. The van der Waals surface area contributed by atoms with Crippen molar-refractivity contribution in [1.82, 2.24) is 0 Å². The van der Waals surface area contributed by atoms with Gasteiger partial charge in [0.2, 0.25) is 0 Å². The van der Waals surface area contributed by atoms with E-state index in [4.69, 9.17) is 9.84 Å². The van der Waals surface area contributed by atoms with Gasteiger partial charge in [0.25, 0.3) is 0 Å². The van der Waals surface area contributed by atoms with Crippen molar-refractivity contribution < 1.29 is 19.4 Å². The Balaban J connectivity index is 2.47. The summed E-state index contributed by atoms with van der Waals surface area (Å²) in [5, 5.41) is 8.70. The Bertz CT molecular complexity index is 687. The normalized spacial score (nSPS) is 10.5. The van der Waals surface area contributed by atoms with Crippen LogP contribution >= 0.6 is 0 Å². The van der Waals surface area contributed by atoms with E-state index in [1.165, 1.54) is 13.2 Å². The number of carboxylic acids is 1. The summed E-state index contributed by atoms with van der Waals surface area (Å²) >= 11 is 0. The second kappa shape index (κ2) is 6.52. The molecule has 4 heteroatoms. The maximum Gasteiger partial charge on any atom is 0.328 e. The van der Waals surface area contributed by atoms with Gasteiger partial charge < -0.3 is 9.84 Å². The molecule has 2 aromatic rings. The third-order valence-corrected chi connectivity index (χ3v) is 2.94. The first-order valence-corrected chi connectivity index (χ1v) is 6.31. The van der Waals surface area contributed by atoms with Crippen LogP contribution in [0.5, 0.6) is 5.75 Å². The van der Waals surface area contributed by atoms with Crippen molar-refractivity contribution in [2.45, 2.75) is 0 Å². The van der Waals surface area contributed by atoms with Gasteiger partial charge in [-0.05, 0) is 12.1 Å². The molecule has 0 bridgehead atoms. The minimum absolute atomic E-state index is 0.168. The topological polar surface area (TPSA) is 63.6 Å². The zero-order valence-corrected chi connectivity index (χ0v) is 11.4.